The van der Waals surface area contributed by atoms with E-state index < -0.39 is 0 Å². The van der Waals surface area contributed by atoms with Gasteiger partial charge in [-0.05, 0) is 24.3 Å². The highest BCUT2D eigenvalue weighted by molar-refractivity contribution is 8.00. The van der Waals surface area contributed by atoms with Gasteiger partial charge in [-0.15, -0.1) is 0 Å². The maximum atomic E-state index is 11.3. The van der Waals surface area contributed by atoms with Gasteiger partial charge >= 0.3 is 0 Å². The summed E-state index contributed by atoms with van der Waals surface area (Å²) in [7, 11) is 0. The van der Waals surface area contributed by atoms with Crippen LogP contribution in [-0.2, 0) is 9.59 Å². The Morgan fingerprint density at radius 3 is 1.81 bits per heavy atom. The summed E-state index contributed by atoms with van der Waals surface area (Å²) in [5, 5.41) is 5.67. The van der Waals surface area contributed by atoms with Crippen molar-refractivity contribution in [1.29, 1.82) is 0 Å². The molecule has 1 heterocycles. The van der Waals surface area contributed by atoms with Gasteiger partial charge in [-0.3, -0.25) is 9.59 Å². The fraction of sp³-hybridized carbons (Fsp3) is 0.800. The van der Waals surface area contributed by atoms with Gasteiger partial charge in [-0.1, -0.05) is 0 Å². The Labute approximate surface area is 105 Å². The van der Waals surface area contributed by atoms with Gasteiger partial charge in [-0.25, -0.2) is 0 Å². The summed E-state index contributed by atoms with van der Waals surface area (Å²) in [4.78, 5) is 22.6. The fourth-order valence-electron chi connectivity index (χ4n) is 1.24. The molecular weight excluding hydrogens is 244 g/mol. The number of thioether (sulfide) groups is 2. The normalized spacial score (nSPS) is 21.8. The molecule has 0 spiro atoms. The third-order valence-corrected chi connectivity index (χ3v) is 4.13. The zero-order chi connectivity index (χ0) is 11.6. The minimum atomic E-state index is 0.0982. The topological polar surface area (TPSA) is 58.2 Å². The summed E-state index contributed by atoms with van der Waals surface area (Å²) in [5.74, 6) is 3.28. The van der Waals surface area contributed by atoms with Crippen LogP contribution in [0.3, 0.4) is 0 Å². The van der Waals surface area contributed by atoms with E-state index in [0.29, 0.717) is 24.6 Å². The molecule has 0 aromatic rings. The van der Waals surface area contributed by atoms with E-state index in [1.54, 1.807) is 23.5 Å². The number of hydrogen-bond donors (Lipinski definition) is 2. The van der Waals surface area contributed by atoms with E-state index in [1.165, 1.54) is 0 Å². The molecule has 2 amide bonds. The second-order valence-corrected chi connectivity index (χ2v) is 5.72. The van der Waals surface area contributed by atoms with Crippen LogP contribution in [0, 0.1) is 0 Å². The molecule has 0 aliphatic carbocycles. The standard InChI is InChI=1S/C10H18N2O2S2/c13-9-7-15-5-2-6-16-8-10(14)12-4-1-3-11-9/h1-8H2,(H,11,13)(H,12,14). The maximum Gasteiger partial charge on any atom is 0.229 e. The van der Waals surface area contributed by atoms with Gasteiger partial charge in [0.05, 0.1) is 11.5 Å². The molecule has 0 aromatic heterocycles. The highest BCUT2D eigenvalue weighted by Crippen LogP contribution is 2.08. The van der Waals surface area contributed by atoms with Crippen molar-refractivity contribution in [1.82, 2.24) is 10.6 Å². The average molecular weight is 262 g/mol. The number of hydrogen-bond acceptors (Lipinski definition) is 4. The molecule has 1 rings (SSSR count). The van der Waals surface area contributed by atoms with Crippen LogP contribution in [0.25, 0.3) is 0 Å². The van der Waals surface area contributed by atoms with Crippen molar-refractivity contribution in [3.05, 3.63) is 0 Å². The van der Waals surface area contributed by atoms with E-state index in [0.717, 1.165) is 24.3 Å². The van der Waals surface area contributed by atoms with Gasteiger partial charge in [0, 0.05) is 13.1 Å². The molecule has 4 nitrogen and oxygen atoms in total. The van der Waals surface area contributed by atoms with Crippen LogP contribution in [0.5, 0.6) is 0 Å². The second-order valence-electron chi connectivity index (χ2n) is 3.51. The molecule has 0 unspecified atom stereocenters. The van der Waals surface area contributed by atoms with Gasteiger partial charge in [-0.2, -0.15) is 23.5 Å². The predicted octanol–water partition coefficient (Wildman–Crippen LogP) is 0.479. The van der Waals surface area contributed by atoms with E-state index in [4.69, 9.17) is 0 Å². The number of carbonyl (C=O) groups excluding carboxylic acids is 2. The van der Waals surface area contributed by atoms with Crippen LogP contribution in [0.1, 0.15) is 12.8 Å². The van der Waals surface area contributed by atoms with Crippen molar-refractivity contribution in [3.63, 3.8) is 0 Å². The smallest absolute Gasteiger partial charge is 0.229 e. The summed E-state index contributed by atoms with van der Waals surface area (Å²) in [6, 6.07) is 0. The Morgan fingerprint density at radius 1 is 0.812 bits per heavy atom. The third kappa shape index (κ3) is 7.00. The van der Waals surface area contributed by atoms with Crippen LogP contribution >= 0.6 is 23.5 Å². The first-order valence-electron chi connectivity index (χ1n) is 5.48. The number of nitrogens with one attached hydrogen (secondary N) is 2. The fourth-order valence-corrected chi connectivity index (χ4v) is 2.98. The quantitative estimate of drug-likeness (QED) is 0.667. The summed E-state index contributed by atoms with van der Waals surface area (Å²) in [6.07, 6.45) is 1.85. The summed E-state index contributed by atoms with van der Waals surface area (Å²) < 4.78 is 0. The lowest BCUT2D eigenvalue weighted by atomic mass is 10.4. The third-order valence-electron chi connectivity index (χ3n) is 2.04. The van der Waals surface area contributed by atoms with Crippen LogP contribution in [0.2, 0.25) is 0 Å². The molecule has 16 heavy (non-hydrogen) atoms. The molecular formula is C10H18N2O2S2. The molecule has 1 fully saturated rings. The first kappa shape index (κ1) is 13.7. The molecule has 92 valence electrons. The highest BCUT2D eigenvalue weighted by atomic mass is 32.2. The van der Waals surface area contributed by atoms with Gasteiger partial charge in [0.1, 0.15) is 0 Å². The molecule has 0 radical (unpaired) electrons. The van der Waals surface area contributed by atoms with Gasteiger partial charge in [0.2, 0.25) is 11.8 Å². The molecule has 0 aromatic carbocycles. The predicted molar refractivity (Wildman–Crippen MR) is 69.9 cm³/mol. The average Bonchev–Trinajstić information content (AvgIpc) is 2.26. The Kier molecular flexibility index (Phi) is 7.50. The molecule has 0 atom stereocenters. The SMILES string of the molecule is O=C1CSCCCSCC(=O)NCCCN1. The Hall–Kier alpha value is -0.360. The van der Waals surface area contributed by atoms with Crippen LogP contribution in [0.4, 0.5) is 0 Å². The summed E-state index contributed by atoms with van der Waals surface area (Å²) >= 11 is 3.33. The van der Waals surface area contributed by atoms with E-state index in [1.807, 2.05) is 0 Å². The molecule has 2 N–H and O–H groups in total. The largest absolute Gasteiger partial charge is 0.355 e. The van der Waals surface area contributed by atoms with E-state index in [-0.39, 0.29) is 11.8 Å². The van der Waals surface area contributed by atoms with Crippen molar-refractivity contribution >= 4 is 35.3 Å². The van der Waals surface area contributed by atoms with Gasteiger partial charge in [0.25, 0.3) is 0 Å². The van der Waals surface area contributed by atoms with Crippen molar-refractivity contribution in [2.24, 2.45) is 0 Å². The number of amides is 2. The zero-order valence-electron chi connectivity index (χ0n) is 9.29. The molecule has 1 saturated heterocycles. The van der Waals surface area contributed by atoms with Gasteiger partial charge in [0.15, 0.2) is 0 Å². The first-order valence-corrected chi connectivity index (χ1v) is 7.79. The van der Waals surface area contributed by atoms with Crippen molar-refractivity contribution in [2.45, 2.75) is 12.8 Å². The number of rotatable bonds is 0. The van der Waals surface area contributed by atoms with Crippen LogP contribution in [-0.4, -0.2) is 47.9 Å². The Bertz CT molecular complexity index is 215. The van der Waals surface area contributed by atoms with E-state index in [2.05, 4.69) is 10.6 Å². The minimum absolute atomic E-state index is 0.0982. The van der Waals surface area contributed by atoms with E-state index >= 15 is 0 Å². The molecule has 1 aliphatic heterocycles. The van der Waals surface area contributed by atoms with Crippen molar-refractivity contribution < 1.29 is 9.59 Å². The summed E-state index contributed by atoms with van der Waals surface area (Å²) in [5.41, 5.74) is 0. The van der Waals surface area contributed by atoms with Gasteiger partial charge < -0.3 is 10.6 Å². The monoisotopic (exact) mass is 262 g/mol. The second kappa shape index (κ2) is 8.75. The zero-order valence-corrected chi connectivity index (χ0v) is 10.9. The Morgan fingerprint density at radius 2 is 1.31 bits per heavy atom. The molecule has 6 heteroatoms. The Balaban J connectivity index is 2.23. The minimum Gasteiger partial charge on any atom is -0.355 e. The van der Waals surface area contributed by atoms with Crippen molar-refractivity contribution in [3.8, 4) is 0 Å². The van der Waals surface area contributed by atoms with Crippen molar-refractivity contribution in [2.75, 3.05) is 36.1 Å². The molecule has 0 saturated carbocycles. The summed E-state index contributed by atoms with van der Waals surface area (Å²) in [6.45, 7) is 1.29. The maximum absolute atomic E-state index is 11.3. The van der Waals surface area contributed by atoms with Crippen LogP contribution in [0.15, 0.2) is 0 Å². The lowest BCUT2D eigenvalue weighted by Gasteiger charge is -2.08. The van der Waals surface area contributed by atoms with Crippen LogP contribution < -0.4 is 10.6 Å². The lowest BCUT2D eigenvalue weighted by Crippen LogP contribution is -2.31. The highest BCUT2D eigenvalue weighted by Gasteiger charge is 2.04. The van der Waals surface area contributed by atoms with E-state index in [9.17, 15) is 9.59 Å². The lowest BCUT2D eigenvalue weighted by molar-refractivity contribution is -0.118. The molecule has 1 aliphatic rings. The molecule has 0 bridgehead atoms. The first-order chi connectivity index (χ1) is 7.79. The number of carbonyl (C=O) groups is 2.